The van der Waals surface area contributed by atoms with E-state index in [0.717, 1.165) is 0 Å². The van der Waals surface area contributed by atoms with Gasteiger partial charge in [-0.1, -0.05) is 20.8 Å². The Morgan fingerprint density at radius 2 is 1.68 bits per heavy atom. The molecule has 0 saturated carbocycles. The largest absolute Gasteiger partial charge is 0.459 e. The quantitative estimate of drug-likeness (QED) is 0.193. The number of hydrogen-bond acceptors (Lipinski definition) is 16. The van der Waals surface area contributed by atoms with Crippen molar-refractivity contribution in [1.29, 1.82) is 0 Å². The molecule has 18 atom stereocenters. The van der Waals surface area contributed by atoms with E-state index in [1.807, 2.05) is 32.8 Å². The van der Waals surface area contributed by atoms with Crippen LogP contribution in [0.2, 0.25) is 0 Å². The Kier molecular flexibility index (Phi) is 15.8. The highest BCUT2D eigenvalue weighted by Gasteiger charge is 2.59. The molecule has 17 nitrogen and oxygen atoms in total. The normalized spacial score (nSPS) is 47.2. The van der Waals surface area contributed by atoms with E-state index in [0.29, 0.717) is 13.0 Å². The van der Waals surface area contributed by atoms with E-state index < -0.39 is 95.5 Å². The molecule has 6 N–H and O–H groups in total. The Morgan fingerprint density at radius 3 is 2.26 bits per heavy atom. The molecule has 0 bridgehead atoms. The van der Waals surface area contributed by atoms with Gasteiger partial charge in [0.15, 0.2) is 12.6 Å². The van der Waals surface area contributed by atoms with E-state index in [2.05, 4.69) is 15.4 Å². The van der Waals surface area contributed by atoms with Crippen molar-refractivity contribution in [2.24, 2.45) is 17.8 Å². The lowest BCUT2D eigenvalue weighted by molar-refractivity contribution is -0.340. The summed E-state index contributed by atoms with van der Waals surface area (Å²) < 4.78 is 39.8. The number of hydrogen-bond donors (Lipinski definition) is 6. The van der Waals surface area contributed by atoms with Gasteiger partial charge >= 0.3 is 5.97 Å². The molecule has 0 amide bonds. The molecular weight excluding hydrogens is 742 g/mol. The predicted molar refractivity (Wildman–Crippen MR) is 209 cm³/mol. The van der Waals surface area contributed by atoms with E-state index in [1.54, 1.807) is 48.5 Å². The summed E-state index contributed by atoms with van der Waals surface area (Å²) in [4.78, 5) is 20.3. The van der Waals surface area contributed by atoms with E-state index in [-0.39, 0.29) is 43.9 Å². The number of carbonyl (C=O) groups is 1. The topological polar surface area (TPSA) is 220 Å². The van der Waals surface area contributed by atoms with Gasteiger partial charge < -0.3 is 64.2 Å². The molecule has 1 aromatic rings. The first-order chi connectivity index (χ1) is 26.4. The molecule has 0 aliphatic carbocycles. The molecule has 0 aromatic carbocycles. The van der Waals surface area contributed by atoms with Crippen LogP contribution in [0.5, 0.6) is 0 Å². The second-order valence-corrected chi connectivity index (χ2v) is 18.1. The third kappa shape index (κ3) is 10.4. The zero-order valence-corrected chi connectivity index (χ0v) is 36.4. The fourth-order valence-electron chi connectivity index (χ4n) is 9.28. The van der Waals surface area contributed by atoms with Gasteiger partial charge in [-0.25, -0.2) is 9.67 Å². The van der Waals surface area contributed by atoms with Gasteiger partial charge in [-0.2, -0.15) is 5.10 Å². The molecule has 4 heterocycles. The number of likely N-dealkylation sites (N-methyl/N-ethyl adjacent to an activating group) is 1. The molecule has 17 heteroatoms. The summed E-state index contributed by atoms with van der Waals surface area (Å²) in [7, 11) is 5.25. The Bertz CT molecular complexity index is 1420. The van der Waals surface area contributed by atoms with Crippen LogP contribution < -0.4 is 5.32 Å². The monoisotopic (exact) mass is 816 g/mol. The summed E-state index contributed by atoms with van der Waals surface area (Å²) in [5.41, 5.74) is -6.25. The Labute approximate surface area is 338 Å². The molecule has 0 spiro atoms. The van der Waals surface area contributed by atoms with Gasteiger partial charge in [0.05, 0.1) is 42.5 Å². The number of methoxy groups -OCH3 is 1. The van der Waals surface area contributed by atoms with Gasteiger partial charge in [-0.3, -0.25) is 4.79 Å². The van der Waals surface area contributed by atoms with Crippen LogP contribution in [0.25, 0.3) is 0 Å². The highest BCUT2D eigenvalue weighted by molar-refractivity contribution is 5.73. The van der Waals surface area contributed by atoms with Gasteiger partial charge in [-0.05, 0) is 94.3 Å². The lowest BCUT2D eigenvalue weighted by Gasteiger charge is -2.53. The van der Waals surface area contributed by atoms with Crippen LogP contribution in [0.4, 0.5) is 0 Å². The van der Waals surface area contributed by atoms with Gasteiger partial charge in [0.25, 0.3) is 0 Å². The minimum Gasteiger partial charge on any atom is -0.459 e. The molecule has 330 valence electrons. The number of aliphatic hydroxyl groups excluding tert-OH is 2. The minimum atomic E-state index is -1.83. The van der Waals surface area contributed by atoms with Gasteiger partial charge in [0.1, 0.15) is 47.8 Å². The van der Waals surface area contributed by atoms with Crippen molar-refractivity contribution in [3.05, 3.63) is 12.7 Å². The number of nitrogens with zero attached hydrogens (tertiary/aromatic N) is 4. The van der Waals surface area contributed by atoms with Crippen molar-refractivity contribution in [2.45, 2.75) is 191 Å². The van der Waals surface area contributed by atoms with Crippen molar-refractivity contribution in [1.82, 2.24) is 25.0 Å². The summed E-state index contributed by atoms with van der Waals surface area (Å²) in [6.45, 7) is 17.8. The molecule has 0 unspecified atom stereocenters. The SMILES string of the molecule is CC[C@@H]1OC(=O)[C@H](C)[C@@H](O[C@H]2C[C@@](C)(OC)[C@@](O)(Cn3cncn3)[C@H](C)O2)[C@H](C)[C@@H](O[C@@H]2O[C@H](C)C[C@H](N(C)C)[C@H]2O)[C@@](C)(O)C[C@@H](C)CN[C@@H](C)[C@@H](O)[C@]1(C)O. The summed E-state index contributed by atoms with van der Waals surface area (Å²) in [6, 6.07) is -0.902. The third-order valence-corrected chi connectivity index (χ3v) is 13.1. The first kappa shape index (κ1) is 47.8. The van der Waals surface area contributed by atoms with Crippen LogP contribution in [0.1, 0.15) is 94.9 Å². The van der Waals surface area contributed by atoms with Crippen LogP contribution in [0, 0.1) is 17.8 Å². The fraction of sp³-hybridized carbons (Fsp3) is 0.925. The third-order valence-electron chi connectivity index (χ3n) is 13.1. The van der Waals surface area contributed by atoms with Crippen molar-refractivity contribution in [2.75, 3.05) is 27.7 Å². The van der Waals surface area contributed by atoms with Crippen molar-refractivity contribution >= 4 is 5.97 Å². The van der Waals surface area contributed by atoms with Crippen molar-refractivity contribution in [3.8, 4) is 0 Å². The Balaban J connectivity index is 1.80. The molecule has 3 aliphatic rings. The van der Waals surface area contributed by atoms with E-state index >= 15 is 0 Å². The highest BCUT2D eigenvalue weighted by Crippen LogP contribution is 2.44. The molecular formula is C40H73N5O12. The molecule has 0 radical (unpaired) electrons. The summed E-state index contributed by atoms with van der Waals surface area (Å²) >= 11 is 0. The van der Waals surface area contributed by atoms with Gasteiger partial charge in [-0.15, -0.1) is 0 Å². The maximum absolute atomic E-state index is 14.3. The molecule has 3 saturated heterocycles. The van der Waals surface area contributed by atoms with E-state index in [1.165, 1.54) is 31.4 Å². The van der Waals surface area contributed by atoms with Crippen LogP contribution >= 0.6 is 0 Å². The maximum atomic E-state index is 14.3. The molecule has 3 aliphatic heterocycles. The zero-order valence-electron chi connectivity index (χ0n) is 36.4. The maximum Gasteiger partial charge on any atom is 0.311 e. The summed E-state index contributed by atoms with van der Waals surface area (Å²) in [5, 5.41) is 66.8. The van der Waals surface area contributed by atoms with Crippen LogP contribution in [0.15, 0.2) is 12.7 Å². The summed E-state index contributed by atoms with van der Waals surface area (Å²) in [6.07, 6.45) is -5.12. The average Bonchev–Trinajstić information content (AvgIpc) is 3.65. The Hall–Kier alpha value is -1.87. The number of cyclic esters (lactones) is 1. The van der Waals surface area contributed by atoms with Crippen molar-refractivity contribution < 1.29 is 58.7 Å². The predicted octanol–water partition coefficient (Wildman–Crippen LogP) is 1.22. The lowest BCUT2D eigenvalue weighted by atomic mass is 9.75. The lowest BCUT2D eigenvalue weighted by Crippen LogP contribution is -2.68. The molecule has 4 rings (SSSR count). The minimum absolute atomic E-state index is 0.0124. The van der Waals surface area contributed by atoms with Crippen LogP contribution in [-0.4, -0.2) is 169 Å². The number of carbonyl (C=O) groups excluding carboxylic acids is 1. The van der Waals surface area contributed by atoms with E-state index in [9.17, 15) is 30.3 Å². The van der Waals surface area contributed by atoms with Gasteiger partial charge in [0.2, 0.25) is 0 Å². The number of ether oxygens (including phenoxy) is 6. The second-order valence-electron chi connectivity index (χ2n) is 18.1. The number of nitrogens with one attached hydrogen (secondary N) is 1. The smallest absolute Gasteiger partial charge is 0.311 e. The summed E-state index contributed by atoms with van der Waals surface area (Å²) in [5.74, 6) is -2.76. The highest BCUT2D eigenvalue weighted by atomic mass is 16.7. The molecule has 3 fully saturated rings. The molecule has 57 heavy (non-hydrogen) atoms. The first-order valence-corrected chi connectivity index (χ1v) is 20.5. The average molecular weight is 816 g/mol. The van der Waals surface area contributed by atoms with Crippen molar-refractivity contribution in [3.63, 3.8) is 0 Å². The first-order valence-electron chi connectivity index (χ1n) is 20.5. The van der Waals surface area contributed by atoms with Crippen LogP contribution in [-0.2, 0) is 39.8 Å². The molecule has 1 aromatic heterocycles. The van der Waals surface area contributed by atoms with E-state index in [4.69, 9.17) is 28.4 Å². The number of aliphatic hydroxyl groups is 5. The zero-order chi connectivity index (χ0) is 42.8. The van der Waals surface area contributed by atoms with Crippen LogP contribution in [0.3, 0.4) is 0 Å². The number of aromatic nitrogens is 3. The van der Waals surface area contributed by atoms with Gasteiger partial charge in [0, 0.05) is 31.5 Å². The fourth-order valence-corrected chi connectivity index (χ4v) is 9.28. The standard InChI is InChI=1S/C40H73N5O12/c1-14-29-39(10,50)33(47)26(6)42-18-22(2)16-37(8,49)34(57-36-31(46)28(44(11)12)15-23(3)53-36)24(4)32(25(5)35(48)55-29)56-30-17-38(9,52-13)40(51,27(7)54-30)19-45-21-41-20-43-45/h20-34,36,42,46-47,49-51H,14-19H2,1-13H3/t22-,23-,24+,25-,26+,27+,28+,29+,30+,31-,32+,33-,34-,36+,37+,38-,39-,40-/m1/s1. The second kappa shape index (κ2) is 18.8. The Morgan fingerprint density at radius 1 is 1.02 bits per heavy atom. The number of rotatable bonds is 9. The number of esters is 1.